The number of carbonyl (C=O) groups is 1. The Morgan fingerprint density at radius 2 is 2.00 bits per heavy atom. The molecule has 0 radical (unpaired) electrons. The average Bonchev–Trinajstić information content (AvgIpc) is 3.31. The molecule has 0 saturated carbocycles. The summed E-state index contributed by atoms with van der Waals surface area (Å²) in [6.07, 6.45) is 1.41. The van der Waals surface area contributed by atoms with Gasteiger partial charge in [-0.1, -0.05) is 22.9 Å². The summed E-state index contributed by atoms with van der Waals surface area (Å²) in [5.41, 5.74) is 2.05. The Morgan fingerprint density at radius 1 is 1.18 bits per heavy atom. The maximum absolute atomic E-state index is 12.3. The van der Waals surface area contributed by atoms with E-state index in [1.54, 1.807) is 43.3 Å². The van der Waals surface area contributed by atoms with Gasteiger partial charge in [-0.25, -0.2) is 13.1 Å². The molecule has 2 heterocycles. The number of esters is 1. The van der Waals surface area contributed by atoms with Crippen molar-refractivity contribution in [1.29, 1.82) is 0 Å². The zero-order chi connectivity index (χ0) is 20.1. The van der Waals surface area contributed by atoms with Crippen LogP contribution >= 0.6 is 0 Å². The van der Waals surface area contributed by atoms with Crippen molar-refractivity contribution in [3.05, 3.63) is 59.5 Å². The zero-order valence-electron chi connectivity index (χ0n) is 15.5. The molecule has 0 aliphatic heterocycles. The molecular formula is C19H20N2O6S. The van der Waals surface area contributed by atoms with E-state index >= 15 is 0 Å². The van der Waals surface area contributed by atoms with Gasteiger partial charge in [0.25, 0.3) is 0 Å². The molecule has 3 rings (SSSR count). The van der Waals surface area contributed by atoms with Crippen LogP contribution in [-0.4, -0.2) is 26.1 Å². The van der Waals surface area contributed by atoms with Gasteiger partial charge < -0.3 is 13.7 Å². The molecule has 3 aromatic rings. The van der Waals surface area contributed by atoms with Gasteiger partial charge in [-0.3, -0.25) is 4.79 Å². The number of nitrogens with zero attached hydrogens (tertiary/aromatic N) is 1. The van der Waals surface area contributed by atoms with Crippen molar-refractivity contribution < 1.29 is 26.9 Å². The lowest BCUT2D eigenvalue weighted by atomic mass is 10.2. The summed E-state index contributed by atoms with van der Waals surface area (Å²) >= 11 is 0. The van der Waals surface area contributed by atoms with E-state index in [0.717, 1.165) is 5.56 Å². The molecule has 0 unspecified atom stereocenters. The van der Waals surface area contributed by atoms with Gasteiger partial charge in [-0.15, -0.1) is 0 Å². The number of nitrogens with one attached hydrogen (secondary N) is 1. The van der Waals surface area contributed by atoms with Crippen LogP contribution in [0, 0.1) is 13.8 Å². The summed E-state index contributed by atoms with van der Waals surface area (Å²) in [6.45, 7) is 3.47. The quantitative estimate of drug-likeness (QED) is 0.575. The minimum absolute atomic E-state index is 0.0645. The number of furan rings is 1. The van der Waals surface area contributed by atoms with Crippen molar-refractivity contribution in [1.82, 2.24) is 9.88 Å². The Bertz CT molecular complexity index is 1050. The number of aryl methyl sites for hydroxylation is 2. The predicted octanol–water partition coefficient (Wildman–Crippen LogP) is 2.96. The molecular weight excluding hydrogens is 384 g/mol. The van der Waals surface area contributed by atoms with Crippen molar-refractivity contribution in [2.75, 3.05) is 6.54 Å². The number of carbonyl (C=O) groups excluding carboxylic acids is 1. The van der Waals surface area contributed by atoms with E-state index in [0.29, 0.717) is 22.8 Å². The van der Waals surface area contributed by atoms with Crippen molar-refractivity contribution >= 4 is 16.0 Å². The molecule has 0 saturated heterocycles. The first-order chi connectivity index (χ1) is 13.3. The van der Waals surface area contributed by atoms with Crippen LogP contribution in [0.5, 0.6) is 0 Å². The highest BCUT2D eigenvalue weighted by Gasteiger charge is 2.17. The Labute approximate surface area is 162 Å². The first kappa shape index (κ1) is 19.8. The molecule has 8 nitrogen and oxygen atoms in total. The summed E-state index contributed by atoms with van der Waals surface area (Å²) in [7, 11) is -3.69. The highest BCUT2D eigenvalue weighted by Crippen LogP contribution is 2.21. The van der Waals surface area contributed by atoms with E-state index in [-0.39, 0.29) is 24.5 Å². The molecule has 2 aromatic heterocycles. The van der Waals surface area contributed by atoms with Crippen LogP contribution in [0.3, 0.4) is 0 Å². The summed E-state index contributed by atoms with van der Waals surface area (Å²) in [4.78, 5) is 12.0. The number of rotatable bonds is 8. The minimum atomic E-state index is -3.69. The summed E-state index contributed by atoms with van der Waals surface area (Å²) < 4.78 is 42.5. The largest absolute Gasteiger partial charge is 0.461 e. The molecule has 28 heavy (non-hydrogen) atoms. The van der Waals surface area contributed by atoms with Gasteiger partial charge in [0.05, 0.1) is 17.6 Å². The number of benzene rings is 1. The van der Waals surface area contributed by atoms with Gasteiger partial charge in [0.2, 0.25) is 15.8 Å². The molecule has 0 spiro atoms. The second kappa shape index (κ2) is 8.41. The Kier molecular flexibility index (Phi) is 5.96. The minimum Gasteiger partial charge on any atom is -0.461 e. The predicted molar refractivity (Wildman–Crippen MR) is 99.7 cm³/mol. The van der Waals surface area contributed by atoms with E-state index in [1.165, 1.54) is 6.26 Å². The second-order valence-corrected chi connectivity index (χ2v) is 7.97. The topological polar surface area (TPSA) is 112 Å². The van der Waals surface area contributed by atoms with Gasteiger partial charge in [0.15, 0.2) is 5.76 Å². The number of ether oxygens (including phenoxy) is 1. The fourth-order valence-corrected chi connectivity index (χ4v) is 3.86. The third kappa shape index (κ3) is 4.87. The van der Waals surface area contributed by atoms with Gasteiger partial charge in [0, 0.05) is 12.6 Å². The zero-order valence-corrected chi connectivity index (χ0v) is 16.3. The van der Waals surface area contributed by atoms with E-state index in [9.17, 15) is 13.2 Å². The molecule has 0 aliphatic rings. The molecule has 1 N–H and O–H groups in total. The molecule has 1 aromatic carbocycles. The SMILES string of the molecule is Cc1ccc(S(=O)(=O)NCCC(=O)OCc2cc(-c3ccco3)on2)c(C)c1. The highest BCUT2D eigenvalue weighted by molar-refractivity contribution is 7.89. The Morgan fingerprint density at radius 3 is 2.71 bits per heavy atom. The molecule has 0 bridgehead atoms. The van der Waals surface area contributed by atoms with Crippen molar-refractivity contribution in [2.45, 2.75) is 31.8 Å². The van der Waals surface area contributed by atoms with E-state index in [2.05, 4.69) is 9.88 Å². The molecule has 9 heteroatoms. The molecule has 0 aliphatic carbocycles. The highest BCUT2D eigenvalue weighted by atomic mass is 32.2. The van der Waals surface area contributed by atoms with E-state index in [1.807, 2.05) is 6.92 Å². The number of aromatic nitrogens is 1. The summed E-state index contributed by atoms with van der Waals surface area (Å²) in [6, 6.07) is 10.1. The van der Waals surface area contributed by atoms with Crippen molar-refractivity contribution in [3.8, 4) is 11.5 Å². The summed E-state index contributed by atoms with van der Waals surface area (Å²) in [5.74, 6) is 0.397. The average molecular weight is 404 g/mol. The lowest BCUT2D eigenvalue weighted by molar-refractivity contribution is -0.144. The first-order valence-electron chi connectivity index (χ1n) is 8.57. The maximum Gasteiger partial charge on any atom is 0.307 e. The number of hydrogen-bond donors (Lipinski definition) is 1. The van der Waals surface area contributed by atoms with Gasteiger partial charge in [0.1, 0.15) is 12.3 Å². The standard InChI is InChI=1S/C19H20N2O6S/c1-13-5-6-18(14(2)10-13)28(23,24)20-8-7-19(22)26-12-15-11-17(27-21-15)16-4-3-9-25-16/h3-6,9-11,20H,7-8,12H2,1-2H3. The van der Waals surface area contributed by atoms with E-state index < -0.39 is 16.0 Å². The van der Waals surface area contributed by atoms with E-state index in [4.69, 9.17) is 13.7 Å². The monoisotopic (exact) mass is 404 g/mol. The van der Waals surface area contributed by atoms with Gasteiger partial charge >= 0.3 is 5.97 Å². The third-order valence-corrected chi connectivity index (χ3v) is 5.57. The summed E-state index contributed by atoms with van der Waals surface area (Å²) in [5, 5.41) is 3.80. The molecule has 0 atom stereocenters. The second-order valence-electron chi connectivity index (χ2n) is 6.24. The van der Waals surface area contributed by atoms with Crippen LogP contribution < -0.4 is 4.72 Å². The van der Waals surface area contributed by atoms with Crippen LogP contribution in [0.1, 0.15) is 23.2 Å². The molecule has 148 valence electrons. The van der Waals surface area contributed by atoms with Crippen LogP contribution in [0.25, 0.3) is 11.5 Å². The van der Waals surface area contributed by atoms with Gasteiger partial charge in [-0.05, 0) is 37.6 Å². The van der Waals surface area contributed by atoms with Crippen LogP contribution in [0.4, 0.5) is 0 Å². The smallest absolute Gasteiger partial charge is 0.307 e. The van der Waals surface area contributed by atoms with Crippen molar-refractivity contribution in [2.24, 2.45) is 0 Å². The number of hydrogen-bond acceptors (Lipinski definition) is 7. The first-order valence-corrected chi connectivity index (χ1v) is 10.1. The number of sulfonamides is 1. The normalized spacial score (nSPS) is 11.5. The Balaban J connectivity index is 1.47. The van der Waals surface area contributed by atoms with Crippen molar-refractivity contribution in [3.63, 3.8) is 0 Å². The van der Waals surface area contributed by atoms with Crippen LogP contribution in [0.2, 0.25) is 0 Å². The van der Waals surface area contributed by atoms with Crippen LogP contribution in [-0.2, 0) is 26.2 Å². The lowest BCUT2D eigenvalue weighted by Crippen LogP contribution is -2.27. The van der Waals surface area contributed by atoms with Crippen LogP contribution in [0.15, 0.2) is 56.5 Å². The Hall–Kier alpha value is -2.91. The third-order valence-electron chi connectivity index (χ3n) is 3.95. The fraction of sp³-hybridized carbons (Fsp3) is 0.263. The lowest BCUT2D eigenvalue weighted by Gasteiger charge is -2.09. The fourth-order valence-electron chi connectivity index (χ4n) is 2.61. The molecule has 0 amide bonds. The molecule has 0 fully saturated rings. The maximum atomic E-state index is 12.3. The van der Waals surface area contributed by atoms with Gasteiger partial charge in [-0.2, -0.15) is 0 Å².